The minimum atomic E-state index is -4.55. The molecule has 3 rings (SSSR count). The highest BCUT2D eigenvalue weighted by Crippen LogP contribution is 2.35. The number of alkyl halides is 3. The monoisotopic (exact) mass is 381 g/mol. The molecule has 1 saturated heterocycles. The molecule has 1 aromatic carbocycles. The van der Waals surface area contributed by atoms with Crippen molar-refractivity contribution in [3.05, 3.63) is 34.8 Å². The number of hydrogen-bond donors (Lipinski definition) is 0. The van der Waals surface area contributed by atoms with Crippen LogP contribution in [0.4, 0.5) is 24.0 Å². The normalized spacial score (nSPS) is 17.8. The van der Waals surface area contributed by atoms with Crippen molar-refractivity contribution in [3.8, 4) is 6.07 Å². The molecule has 1 aromatic heterocycles. The van der Waals surface area contributed by atoms with Gasteiger partial charge >= 0.3 is 6.18 Å². The molecule has 0 amide bonds. The Hall–Kier alpha value is -2.34. The third-order valence-electron chi connectivity index (χ3n) is 4.56. The largest absolute Gasteiger partial charge is 0.417 e. The van der Waals surface area contributed by atoms with Crippen molar-refractivity contribution in [1.82, 2.24) is 10.2 Å². The van der Waals surface area contributed by atoms with Crippen molar-refractivity contribution < 1.29 is 13.2 Å². The van der Waals surface area contributed by atoms with Crippen LogP contribution in [0.5, 0.6) is 0 Å². The van der Waals surface area contributed by atoms with Gasteiger partial charge in [-0.05, 0) is 38.0 Å². The Balaban J connectivity index is 1.88. The molecule has 0 N–H and O–H groups in total. The molecule has 2 heterocycles. The van der Waals surface area contributed by atoms with Gasteiger partial charge in [0, 0.05) is 31.4 Å². The number of halogens is 3. The molecule has 1 aliphatic rings. The van der Waals surface area contributed by atoms with E-state index in [9.17, 15) is 13.2 Å². The predicted molar refractivity (Wildman–Crippen MR) is 94.3 cm³/mol. The quantitative estimate of drug-likeness (QED) is 0.803. The average Bonchev–Trinajstić information content (AvgIpc) is 3.16. The second-order valence-electron chi connectivity index (χ2n) is 6.09. The highest BCUT2D eigenvalue weighted by atomic mass is 32.1. The molecule has 138 valence electrons. The third kappa shape index (κ3) is 3.75. The third-order valence-corrected chi connectivity index (χ3v) is 5.31. The van der Waals surface area contributed by atoms with Crippen molar-refractivity contribution in [2.45, 2.75) is 32.0 Å². The first-order chi connectivity index (χ1) is 12.4. The van der Waals surface area contributed by atoms with Gasteiger partial charge in [0.2, 0.25) is 5.13 Å². The Kier molecular flexibility index (Phi) is 5.32. The Labute approximate surface area is 153 Å². The van der Waals surface area contributed by atoms with Gasteiger partial charge in [-0.1, -0.05) is 11.3 Å². The van der Waals surface area contributed by atoms with Gasteiger partial charge in [0.1, 0.15) is 5.51 Å². The smallest absolute Gasteiger partial charge is 0.367 e. The van der Waals surface area contributed by atoms with E-state index in [2.05, 4.69) is 15.1 Å². The second-order valence-corrected chi connectivity index (χ2v) is 6.90. The van der Waals surface area contributed by atoms with Crippen molar-refractivity contribution >= 4 is 22.2 Å². The minimum absolute atomic E-state index is 0.0756. The Bertz CT molecular complexity index is 785. The molecule has 5 nitrogen and oxygen atoms in total. The highest BCUT2D eigenvalue weighted by Gasteiger charge is 2.35. The van der Waals surface area contributed by atoms with Gasteiger partial charge in [-0.15, -0.1) is 10.2 Å². The van der Waals surface area contributed by atoms with Crippen LogP contribution in [0.2, 0.25) is 0 Å². The van der Waals surface area contributed by atoms with Crippen LogP contribution in [0.3, 0.4) is 0 Å². The Morgan fingerprint density at radius 3 is 2.85 bits per heavy atom. The summed E-state index contributed by atoms with van der Waals surface area (Å²) in [4.78, 5) is 4.10. The number of piperidine rings is 1. The maximum Gasteiger partial charge on any atom is 0.417 e. The summed E-state index contributed by atoms with van der Waals surface area (Å²) in [7, 11) is 0. The molecule has 26 heavy (non-hydrogen) atoms. The zero-order valence-electron chi connectivity index (χ0n) is 14.2. The van der Waals surface area contributed by atoms with Crippen LogP contribution in [0.1, 0.15) is 30.9 Å². The summed E-state index contributed by atoms with van der Waals surface area (Å²) in [6, 6.07) is 5.65. The molecule has 1 aliphatic heterocycles. The van der Waals surface area contributed by atoms with Gasteiger partial charge in [0.25, 0.3) is 0 Å². The number of nitriles is 1. The molecule has 9 heteroatoms. The van der Waals surface area contributed by atoms with E-state index in [0.717, 1.165) is 30.6 Å². The fourth-order valence-corrected chi connectivity index (χ4v) is 3.98. The van der Waals surface area contributed by atoms with Crippen molar-refractivity contribution in [2.24, 2.45) is 0 Å². The molecular formula is C17H18F3N5S. The van der Waals surface area contributed by atoms with E-state index in [1.165, 1.54) is 17.4 Å². The van der Waals surface area contributed by atoms with Gasteiger partial charge in [0.15, 0.2) is 0 Å². The van der Waals surface area contributed by atoms with Crippen molar-refractivity contribution in [2.75, 3.05) is 29.4 Å². The van der Waals surface area contributed by atoms with Crippen LogP contribution in [-0.4, -0.2) is 35.9 Å². The van der Waals surface area contributed by atoms with E-state index in [0.29, 0.717) is 18.8 Å². The topological polar surface area (TPSA) is 56.1 Å². The van der Waals surface area contributed by atoms with Crippen LogP contribution >= 0.6 is 11.3 Å². The Morgan fingerprint density at radius 2 is 2.23 bits per heavy atom. The zero-order chi connectivity index (χ0) is 18.7. The fourth-order valence-electron chi connectivity index (χ4n) is 3.38. The lowest BCUT2D eigenvalue weighted by Crippen LogP contribution is -2.48. The van der Waals surface area contributed by atoms with Crippen molar-refractivity contribution in [1.29, 1.82) is 5.26 Å². The number of nitrogens with zero attached hydrogens (tertiary/aromatic N) is 5. The summed E-state index contributed by atoms with van der Waals surface area (Å²) in [6.07, 6.45) is -2.72. The molecule has 0 bridgehead atoms. The molecule has 0 unspecified atom stereocenters. The van der Waals surface area contributed by atoms with Gasteiger partial charge in [-0.2, -0.15) is 18.4 Å². The molecule has 1 atom stereocenters. The summed E-state index contributed by atoms with van der Waals surface area (Å²) >= 11 is 1.46. The van der Waals surface area contributed by atoms with E-state index >= 15 is 0 Å². The molecule has 0 spiro atoms. The lowest BCUT2D eigenvalue weighted by Gasteiger charge is -2.40. The standard InChI is InChI=1S/C17H18F3N5S/c1-2-25(13-6-5-12(9-21)15(8-13)17(18,19)20)14-4-3-7-24(10-14)16-23-22-11-26-16/h5-6,8,11,14H,2-4,7,10H2,1H3/t14-/m1/s1. The number of aromatic nitrogens is 2. The fraction of sp³-hybridized carbons (Fsp3) is 0.471. The van der Waals surface area contributed by atoms with E-state index < -0.39 is 11.7 Å². The van der Waals surface area contributed by atoms with Gasteiger partial charge in [-0.3, -0.25) is 0 Å². The first-order valence-corrected chi connectivity index (χ1v) is 9.21. The second kappa shape index (κ2) is 7.50. The van der Waals surface area contributed by atoms with E-state index in [1.807, 2.05) is 11.8 Å². The van der Waals surface area contributed by atoms with E-state index in [1.54, 1.807) is 17.6 Å². The molecule has 0 saturated carbocycles. The predicted octanol–water partition coefficient (Wildman–Crippen LogP) is 3.92. The molecule has 1 fully saturated rings. The highest BCUT2D eigenvalue weighted by molar-refractivity contribution is 7.13. The maximum atomic E-state index is 13.3. The molecule has 0 aliphatic carbocycles. The summed E-state index contributed by atoms with van der Waals surface area (Å²) in [6.45, 7) is 4.06. The first-order valence-electron chi connectivity index (χ1n) is 8.33. The number of likely N-dealkylation sites (N-methyl/N-ethyl adjacent to an activating group) is 1. The number of anilines is 2. The molecule has 0 radical (unpaired) electrons. The Morgan fingerprint density at radius 1 is 1.42 bits per heavy atom. The van der Waals surface area contributed by atoms with Crippen LogP contribution in [0.25, 0.3) is 0 Å². The van der Waals surface area contributed by atoms with Crippen LogP contribution < -0.4 is 9.80 Å². The summed E-state index contributed by atoms with van der Waals surface area (Å²) in [5.41, 5.74) is 0.930. The zero-order valence-corrected chi connectivity index (χ0v) is 15.0. The SMILES string of the molecule is CCN(c1ccc(C#N)c(C(F)(F)F)c1)[C@@H]1CCCN(c2nncs2)C1. The average molecular weight is 381 g/mol. The van der Waals surface area contributed by atoms with Gasteiger partial charge in [-0.25, -0.2) is 0 Å². The van der Waals surface area contributed by atoms with Gasteiger partial charge in [0.05, 0.1) is 17.2 Å². The van der Waals surface area contributed by atoms with Crippen LogP contribution in [0, 0.1) is 11.3 Å². The molecule has 2 aromatic rings. The van der Waals surface area contributed by atoms with E-state index in [-0.39, 0.29) is 11.6 Å². The summed E-state index contributed by atoms with van der Waals surface area (Å²) in [5.74, 6) is 0. The van der Waals surface area contributed by atoms with E-state index in [4.69, 9.17) is 5.26 Å². The first kappa shape index (κ1) is 18.5. The van der Waals surface area contributed by atoms with Gasteiger partial charge < -0.3 is 9.80 Å². The summed E-state index contributed by atoms with van der Waals surface area (Å²) in [5, 5.41) is 17.8. The summed E-state index contributed by atoms with van der Waals surface area (Å²) < 4.78 is 39.8. The molecular weight excluding hydrogens is 363 g/mol. The lowest BCUT2D eigenvalue weighted by atomic mass is 10.0. The lowest BCUT2D eigenvalue weighted by molar-refractivity contribution is -0.137. The number of rotatable bonds is 4. The van der Waals surface area contributed by atoms with Crippen LogP contribution in [0.15, 0.2) is 23.7 Å². The number of hydrogen-bond acceptors (Lipinski definition) is 6. The van der Waals surface area contributed by atoms with Crippen molar-refractivity contribution in [3.63, 3.8) is 0 Å². The maximum absolute atomic E-state index is 13.3. The number of benzene rings is 1. The van der Waals surface area contributed by atoms with Crippen LogP contribution in [-0.2, 0) is 6.18 Å². The minimum Gasteiger partial charge on any atom is -0.367 e.